The van der Waals surface area contributed by atoms with E-state index in [1.807, 2.05) is 41.3 Å². The molecular formula is C20H25N3O2. The molecule has 5 heteroatoms. The van der Waals surface area contributed by atoms with Crippen LogP contribution in [-0.4, -0.2) is 28.5 Å². The average Bonchev–Trinajstić information content (AvgIpc) is 2.66. The number of likely N-dealkylation sites (tertiary alicyclic amines) is 1. The van der Waals surface area contributed by atoms with E-state index >= 15 is 0 Å². The Kier molecular flexibility index (Phi) is 5.66. The van der Waals surface area contributed by atoms with Gasteiger partial charge in [-0.1, -0.05) is 30.3 Å². The minimum atomic E-state index is -0.386. The van der Waals surface area contributed by atoms with Crippen LogP contribution in [0.4, 0.5) is 0 Å². The molecule has 1 N–H and O–H groups in total. The second-order valence-electron chi connectivity index (χ2n) is 6.59. The highest BCUT2D eigenvalue weighted by Gasteiger charge is 2.26. The number of hydrogen-bond acceptors (Lipinski definition) is 3. The van der Waals surface area contributed by atoms with Crippen molar-refractivity contribution >= 4 is 5.91 Å². The lowest BCUT2D eigenvalue weighted by Crippen LogP contribution is -2.43. The fourth-order valence-electron chi connectivity index (χ4n) is 3.21. The lowest BCUT2D eigenvalue weighted by Gasteiger charge is -2.31. The lowest BCUT2D eigenvalue weighted by atomic mass is 10.0. The zero-order valence-electron chi connectivity index (χ0n) is 14.6. The number of hydrogen-bond donors (Lipinski definition) is 1. The van der Waals surface area contributed by atoms with Crippen molar-refractivity contribution in [3.63, 3.8) is 0 Å². The van der Waals surface area contributed by atoms with Gasteiger partial charge in [-0.3, -0.25) is 14.9 Å². The second kappa shape index (κ2) is 8.12. The van der Waals surface area contributed by atoms with E-state index in [0.717, 1.165) is 37.1 Å². The van der Waals surface area contributed by atoms with Gasteiger partial charge in [0.15, 0.2) is 0 Å². The smallest absolute Gasteiger partial charge is 0.250 e. The van der Waals surface area contributed by atoms with Crippen molar-refractivity contribution in [2.45, 2.75) is 31.8 Å². The van der Waals surface area contributed by atoms with Gasteiger partial charge in [0.1, 0.15) is 6.04 Å². The molecule has 0 radical (unpaired) electrons. The molecule has 1 aliphatic rings. The maximum atomic E-state index is 13.0. The van der Waals surface area contributed by atoms with Crippen molar-refractivity contribution in [2.75, 3.05) is 13.1 Å². The molecule has 0 unspecified atom stereocenters. The molecule has 0 saturated carbocycles. The molecule has 1 saturated heterocycles. The molecule has 2 heterocycles. The molecule has 2 aromatic rings. The summed E-state index contributed by atoms with van der Waals surface area (Å²) < 4.78 is 1.54. The number of nitrogens with zero attached hydrogens (tertiary/aromatic N) is 2. The van der Waals surface area contributed by atoms with Gasteiger partial charge in [0.2, 0.25) is 5.91 Å². The molecule has 3 rings (SSSR count). The number of aryl methyl sites for hydroxylation is 1. The normalized spacial score (nSPS) is 15.8. The van der Waals surface area contributed by atoms with Crippen molar-refractivity contribution in [2.24, 2.45) is 7.05 Å². The number of carbonyl (C=O) groups excluding carboxylic acids is 1. The fourth-order valence-corrected chi connectivity index (χ4v) is 3.21. The maximum absolute atomic E-state index is 13.0. The van der Waals surface area contributed by atoms with Crippen LogP contribution in [0.5, 0.6) is 0 Å². The van der Waals surface area contributed by atoms with Gasteiger partial charge in [-0.25, -0.2) is 0 Å². The third kappa shape index (κ3) is 4.37. The third-order valence-electron chi connectivity index (χ3n) is 4.73. The predicted molar refractivity (Wildman–Crippen MR) is 98.1 cm³/mol. The van der Waals surface area contributed by atoms with Crippen LogP contribution in [0, 0.1) is 0 Å². The van der Waals surface area contributed by atoms with E-state index in [1.54, 1.807) is 19.3 Å². The van der Waals surface area contributed by atoms with Crippen LogP contribution < -0.4 is 10.9 Å². The molecule has 1 fully saturated rings. The Hall–Kier alpha value is -2.40. The van der Waals surface area contributed by atoms with E-state index < -0.39 is 0 Å². The van der Waals surface area contributed by atoms with Gasteiger partial charge in [0.25, 0.3) is 5.56 Å². The SMILES string of the molecule is Cn1ccc(CN[C@@H](C(=O)N2CCCCC2)c2ccccc2)cc1=O. The summed E-state index contributed by atoms with van der Waals surface area (Å²) >= 11 is 0. The Labute approximate surface area is 148 Å². The maximum Gasteiger partial charge on any atom is 0.250 e. The van der Waals surface area contributed by atoms with Crippen LogP contribution in [0.25, 0.3) is 0 Å². The van der Waals surface area contributed by atoms with Gasteiger partial charge in [-0.05, 0) is 36.5 Å². The first-order valence-electron chi connectivity index (χ1n) is 8.88. The van der Waals surface area contributed by atoms with Crippen molar-refractivity contribution < 1.29 is 4.79 Å². The summed E-state index contributed by atoms with van der Waals surface area (Å²) in [6.45, 7) is 2.14. The molecule has 1 atom stereocenters. The Morgan fingerprint density at radius 2 is 1.84 bits per heavy atom. The van der Waals surface area contributed by atoms with Crippen LogP contribution in [-0.2, 0) is 18.4 Å². The van der Waals surface area contributed by atoms with E-state index in [2.05, 4.69) is 5.32 Å². The minimum Gasteiger partial charge on any atom is -0.341 e. The summed E-state index contributed by atoms with van der Waals surface area (Å²) in [7, 11) is 1.73. The van der Waals surface area contributed by atoms with E-state index in [1.165, 1.54) is 11.0 Å². The molecular weight excluding hydrogens is 314 g/mol. The first-order valence-corrected chi connectivity index (χ1v) is 8.88. The standard InChI is InChI=1S/C20H25N3O2/c1-22-13-10-16(14-18(22)24)15-21-19(17-8-4-2-5-9-17)20(25)23-11-6-3-7-12-23/h2,4-5,8-10,13-14,19,21H,3,6-7,11-12,15H2,1H3/t19-/m1/s1. The first-order chi connectivity index (χ1) is 12.1. The summed E-state index contributed by atoms with van der Waals surface area (Å²) in [4.78, 5) is 26.8. The number of pyridine rings is 1. The van der Waals surface area contributed by atoms with Crippen LogP contribution in [0.1, 0.15) is 36.4 Å². The van der Waals surface area contributed by atoms with Gasteiger partial charge >= 0.3 is 0 Å². The molecule has 1 aromatic heterocycles. The van der Waals surface area contributed by atoms with Gasteiger partial charge < -0.3 is 9.47 Å². The Balaban J connectivity index is 1.77. The Morgan fingerprint density at radius 3 is 2.52 bits per heavy atom. The highest BCUT2D eigenvalue weighted by molar-refractivity contribution is 5.83. The zero-order chi connectivity index (χ0) is 17.6. The number of nitrogens with one attached hydrogen (secondary N) is 1. The van der Waals surface area contributed by atoms with E-state index in [-0.39, 0.29) is 17.5 Å². The molecule has 132 valence electrons. The summed E-state index contributed by atoms with van der Waals surface area (Å²) in [6, 6.07) is 12.9. The number of benzene rings is 1. The first kappa shape index (κ1) is 17.4. The molecule has 25 heavy (non-hydrogen) atoms. The van der Waals surface area contributed by atoms with Gasteiger partial charge in [-0.2, -0.15) is 0 Å². The van der Waals surface area contributed by atoms with Crippen LogP contribution >= 0.6 is 0 Å². The molecule has 0 aliphatic carbocycles. The molecule has 1 aliphatic heterocycles. The van der Waals surface area contributed by atoms with Gasteiger partial charge in [0.05, 0.1) is 0 Å². The largest absolute Gasteiger partial charge is 0.341 e. The molecule has 1 amide bonds. The summed E-state index contributed by atoms with van der Waals surface area (Å²) in [5.74, 6) is 0.120. The van der Waals surface area contributed by atoms with Crippen molar-refractivity contribution in [1.29, 1.82) is 0 Å². The fraction of sp³-hybridized carbons (Fsp3) is 0.400. The predicted octanol–water partition coefficient (Wildman–Crippen LogP) is 2.23. The highest BCUT2D eigenvalue weighted by Crippen LogP contribution is 2.19. The average molecular weight is 339 g/mol. The summed E-state index contributed by atoms with van der Waals surface area (Å²) in [6.07, 6.45) is 5.09. The van der Waals surface area contributed by atoms with Crippen LogP contribution in [0.3, 0.4) is 0 Å². The Bertz CT molecular complexity index is 764. The molecule has 0 bridgehead atoms. The number of carbonyl (C=O) groups is 1. The molecule has 5 nitrogen and oxygen atoms in total. The van der Waals surface area contributed by atoms with E-state index in [4.69, 9.17) is 0 Å². The zero-order valence-corrected chi connectivity index (χ0v) is 14.6. The highest BCUT2D eigenvalue weighted by atomic mass is 16.2. The van der Waals surface area contributed by atoms with E-state index in [9.17, 15) is 9.59 Å². The Morgan fingerprint density at radius 1 is 1.12 bits per heavy atom. The topological polar surface area (TPSA) is 54.3 Å². The molecule has 0 spiro atoms. The number of rotatable bonds is 5. The van der Waals surface area contributed by atoms with Gasteiger partial charge in [-0.15, -0.1) is 0 Å². The monoisotopic (exact) mass is 339 g/mol. The summed E-state index contributed by atoms with van der Waals surface area (Å²) in [5.41, 5.74) is 1.80. The third-order valence-corrected chi connectivity index (χ3v) is 4.73. The summed E-state index contributed by atoms with van der Waals surface area (Å²) in [5, 5.41) is 3.36. The van der Waals surface area contributed by atoms with Crippen LogP contribution in [0.15, 0.2) is 53.5 Å². The number of amides is 1. The van der Waals surface area contributed by atoms with Crippen molar-refractivity contribution in [3.05, 3.63) is 70.1 Å². The van der Waals surface area contributed by atoms with Crippen LogP contribution in [0.2, 0.25) is 0 Å². The minimum absolute atomic E-state index is 0.0436. The number of aromatic nitrogens is 1. The van der Waals surface area contributed by atoms with Crippen molar-refractivity contribution in [3.8, 4) is 0 Å². The van der Waals surface area contributed by atoms with E-state index in [0.29, 0.717) is 6.54 Å². The molecule has 1 aromatic carbocycles. The lowest BCUT2D eigenvalue weighted by molar-refractivity contribution is -0.134. The van der Waals surface area contributed by atoms with Crippen molar-refractivity contribution in [1.82, 2.24) is 14.8 Å². The quantitative estimate of drug-likeness (QED) is 0.909. The second-order valence-corrected chi connectivity index (χ2v) is 6.59. The van der Waals surface area contributed by atoms with Gasteiger partial charge in [0, 0.05) is 38.9 Å². The number of piperidine rings is 1.